The van der Waals surface area contributed by atoms with Crippen LogP contribution in [0.5, 0.6) is 11.5 Å². The molecule has 0 heterocycles. The predicted octanol–water partition coefficient (Wildman–Crippen LogP) is 4.15. The molecule has 3 aromatic carbocycles. The number of ether oxygens (including phenoxy) is 2. The van der Waals surface area contributed by atoms with Crippen LogP contribution in [0, 0.1) is 0 Å². The first-order chi connectivity index (χ1) is 13.2. The quantitative estimate of drug-likeness (QED) is 0.688. The second kappa shape index (κ2) is 8.90. The second-order valence-electron chi connectivity index (χ2n) is 6.18. The molecule has 0 aliphatic carbocycles. The van der Waals surface area contributed by atoms with E-state index >= 15 is 0 Å². The van der Waals surface area contributed by atoms with Gasteiger partial charge in [0.15, 0.2) is 0 Å². The fourth-order valence-corrected chi connectivity index (χ4v) is 3.03. The Bertz CT molecular complexity index is 839. The van der Waals surface area contributed by atoms with Gasteiger partial charge < -0.3 is 14.8 Å². The van der Waals surface area contributed by atoms with Crippen LogP contribution in [0.2, 0.25) is 0 Å². The lowest BCUT2D eigenvalue weighted by Crippen LogP contribution is -2.30. The Morgan fingerprint density at radius 2 is 1.44 bits per heavy atom. The van der Waals surface area contributed by atoms with Crippen LogP contribution >= 0.6 is 0 Å². The lowest BCUT2D eigenvalue weighted by Gasteiger charge is -2.20. The molecule has 0 aromatic heterocycles. The third-order valence-corrected chi connectivity index (χ3v) is 4.42. The number of carbonyl (C=O) groups excluding carboxylic acids is 1. The molecule has 0 saturated carbocycles. The molecule has 4 heteroatoms. The summed E-state index contributed by atoms with van der Waals surface area (Å²) >= 11 is 0. The highest BCUT2D eigenvalue weighted by Crippen LogP contribution is 2.26. The largest absolute Gasteiger partial charge is 0.497 e. The summed E-state index contributed by atoms with van der Waals surface area (Å²) in [6.07, 6.45) is 0.226. The van der Waals surface area contributed by atoms with Gasteiger partial charge in [-0.25, -0.2) is 0 Å². The van der Waals surface area contributed by atoms with Crippen molar-refractivity contribution in [2.24, 2.45) is 0 Å². The third-order valence-electron chi connectivity index (χ3n) is 4.42. The molecule has 27 heavy (non-hydrogen) atoms. The van der Waals surface area contributed by atoms with Gasteiger partial charge in [0.2, 0.25) is 5.91 Å². The van der Waals surface area contributed by atoms with E-state index in [9.17, 15) is 4.79 Å². The molecular weight excluding hydrogens is 338 g/mol. The number of methoxy groups -OCH3 is 2. The molecule has 0 aliphatic heterocycles. The van der Waals surface area contributed by atoms with E-state index in [4.69, 9.17) is 9.47 Å². The molecule has 138 valence electrons. The molecule has 3 rings (SSSR count). The Labute approximate surface area is 159 Å². The molecule has 1 N–H and O–H groups in total. The number of benzene rings is 3. The van der Waals surface area contributed by atoms with E-state index in [1.165, 1.54) is 0 Å². The molecule has 0 spiro atoms. The van der Waals surface area contributed by atoms with Crippen LogP contribution in [-0.2, 0) is 11.2 Å². The van der Waals surface area contributed by atoms with Crippen LogP contribution in [0.4, 0.5) is 0 Å². The number of carbonyl (C=O) groups is 1. The lowest BCUT2D eigenvalue weighted by molar-refractivity contribution is -0.121. The van der Waals surface area contributed by atoms with E-state index in [1.54, 1.807) is 20.3 Å². The minimum atomic E-state index is -0.204. The van der Waals surface area contributed by atoms with Crippen LogP contribution in [0.15, 0.2) is 78.9 Å². The van der Waals surface area contributed by atoms with Crippen LogP contribution in [0.25, 0.3) is 0 Å². The third kappa shape index (κ3) is 4.67. The van der Waals surface area contributed by atoms with E-state index in [2.05, 4.69) is 5.32 Å². The fourth-order valence-electron chi connectivity index (χ4n) is 3.03. The molecule has 0 atom stereocenters. The Morgan fingerprint density at radius 3 is 1.96 bits per heavy atom. The summed E-state index contributed by atoms with van der Waals surface area (Å²) in [5.74, 6) is 1.26. The van der Waals surface area contributed by atoms with Crippen molar-refractivity contribution in [1.82, 2.24) is 5.32 Å². The summed E-state index contributed by atoms with van der Waals surface area (Å²) in [4.78, 5) is 12.8. The van der Waals surface area contributed by atoms with Crippen molar-refractivity contribution in [3.63, 3.8) is 0 Å². The zero-order valence-electron chi connectivity index (χ0n) is 15.5. The molecule has 0 aliphatic rings. The summed E-state index contributed by atoms with van der Waals surface area (Å²) in [6, 6.07) is 25.2. The number of amides is 1. The Balaban J connectivity index is 1.81. The maximum atomic E-state index is 12.8. The van der Waals surface area contributed by atoms with E-state index in [-0.39, 0.29) is 18.4 Å². The zero-order valence-corrected chi connectivity index (χ0v) is 15.5. The molecule has 1 amide bonds. The molecule has 0 unspecified atom stereocenters. The lowest BCUT2D eigenvalue weighted by atomic mass is 9.98. The first-order valence-electron chi connectivity index (χ1n) is 8.81. The van der Waals surface area contributed by atoms with E-state index in [0.717, 1.165) is 16.7 Å². The number of hydrogen-bond donors (Lipinski definition) is 1. The van der Waals surface area contributed by atoms with Gasteiger partial charge in [-0.1, -0.05) is 66.7 Å². The minimum absolute atomic E-state index is 0.0730. The molecule has 0 radical (unpaired) electrons. The SMILES string of the molecule is COc1ccc(CC(=O)NC(c2ccccc2)c2ccccc2)c(OC)c1. The van der Waals surface area contributed by atoms with E-state index in [1.807, 2.05) is 72.8 Å². The summed E-state index contributed by atoms with van der Waals surface area (Å²) in [5, 5.41) is 3.15. The molecule has 0 bridgehead atoms. The maximum absolute atomic E-state index is 12.8. The van der Waals surface area contributed by atoms with Crippen molar-refractivity contribution in [3.05, 3.63) is 95.6 Å². The Kier molecular flexibility index (Phi) is 6.10. The van der Waals surface area contributed by atoms with Crippen molar-refractivity contribution in [3.8, 4) is 11.5 Å². The Morgan fingerprint density at radius 1 is 0.852 bits per heavy atom. The summed E-state index contributed by atoms with van der Waals surface area (Å²) in [6.45, 7) is 0. The van der Waals surface area contributed by atoms with Gasteiger partial charge in [0.25, 0.3) is 0 Å². The predicted molar refractivity (Wildman–Crippen MR) is 106 cm³/mol. The molecule has 4 nitrogen and oxygen atoms in total. The van der Waals surface area contributed by atoms with Crippen LogP contribution in [-0.4, -0.2) is 20.1 Å². The normalized spacial score (nSPS) is 10.5. The highest BCUT2D eigenvalue weighted by Gasteiger charge is 2.18. The fraction of sp³-hybridized carbons (Fsp3) is 0.174. The monoisotopic (exact) mass is 361 g/mol. The molecule has 3 aromatic rings. The minimum Gasteiger partial charge on any atom is -0.497 e. The van der Waals surface area contributed by atoms with Gasteiger partial charge in [-0.05, 0) is 17.2 Å². The van der Waals surface area contributed by atoms with Gasteiger partial charge in [0.05, 0.1) is 26.7 Å². The average Bonchev–Trinajstić information content (AvgIpc) is 2.73. The number of nitrogens with one attached hydrogen (secondary N) is 1. The van der Waals surface area contributed by atoms with Crippen molar-refractivity contribution >= 4 is 5.91 Å². The van der Waals surface area contributed by atoms with E-state index < -0.39 is 0 Å². The summed E-state index contributed by atoms with van der Waals surface area (Å²) in [5.41, 5.74) is 2.90. The van der Waals surface area contributed by atoms with E-state index in [0.29, 0.717) is 11.5 Å². The van der Waals surface area contributed by atoms with Crippen LogP contribution < -0.4 is 14.8 Å². The van der Waals surface area contributed by atoms with Gasteiger partial charge in [-0.2, -0.15) is 0 Å². The van der Waals surface area contributed by atoms with Crippen molar-refractivity contribution in [1.29, 1.82) is 0 Å². The summed E-state index contributed by atoms with van der Waals surface area (Å²) in [7, 11) is 3.19. The number of rotatable bonds is 7. The highest BCUT2D eigenvalue weighted by atomic mass is 16.5. The van der Waals surface area contributed by atoms with Crippen molar-refractivity contribution in [2.45, 2.75) is 12.5 Å². The zero-order chi connectivity index (χ0) is 19.1. The summed E-state index contributed by atoms with van der Waals surface area (Å²) < 4.78 is 10.6. The first kappa shape index (κ1) is 18.5. The van der Waals surface area contributed by atoms with Gasteiger partial charge in [0, 0.05) is 11.6 Å². The van der Waals surface area contributed by atoms with Crippen LogP contribution in [0.3, 0.4) is 0 Å². The van der Waals surface area contributed by atoms with Crippen molar-refractivity contribution < 1.29 is 14.3 Å². The molecular formula is C23H23NO3. The molecule has 0 saturated heterocycles. The van der Waals surface area contributed by atoms with Gasteiger partial charge in [0.1, 0.15) is 11.5 Å². The second-order valence-corrected chi connectivity index (χ2v) is 6.18. The first-order valence-corrected chi connectivity index (χ1v) is 8.81. The van der Waals surface area contributed by atoms with Crippen LogP contribution in [0.1, 0.15) is 22.7 Å². The number of hydrogen-bond acceptors (Lipinski definition) is 3. The van der Waals surface area contributed by atoms with Crippen molar-refractivity contribution in [2.75, 3.05) is 14.2 Å². The average molecular weight is 361 g/mol. The van der Waals surface area contributed by atoms with Gasteiger partial charge in [-0.3, -0.25) is 4.79 Å². The smallest absolute Gasteiger partial charge is 0.225 e. The molecule has 0 fully saturated rings. The highest BCUT2D eigenvalue weighted by molar-refractivity contribution is 5.80. The van der Waals surface area contributed by atoms with Gasteiger partial charge in [-0.15, -0.1) is 0 Å². The topological polar surface area (TPSA) is 47.6 Å². The standard InChI is InChI=1S/C23H23NO3/c1-26-20-14-13-19(21(16-20)27-2)15-22(25)24-23(17-9-5-3-6-10-17)18-11-7-4-8-12-18/h3-14,16,23H,15H2,1-2H3,(H,24,25). The maximum Gasteiger partial charge on any atom is 0.225 e. The van der Waals surface area contributed by atoms with Gasteiger partial charge >= 0.3 is 0 Å². The Hall–Kier alpha value is -3.27.